The maximum Gasteiger partial charge on any atom is 0.405 e. The smallest absolute Gasteiger partial charge is 0.405 e. The maximum absolute atomic E-state index is 10.0. The van der Waals surface area contributed by atoms with E-state index >= 15 is 0 Å². The molecule has 0 saturated carbocycles. The minimum Gasteiger partial charge on any atom is -0.444 e. The van der Waals surface area contributed by atoms with E-state index in [0.717, 1.165) is 19.6 Å². The summed E-state index contributed by atoms with van der Waals surface area (Å²) in [4.78, 5) is 10.0. The van der Waals surface area contributed by atoms with Gasteiger partial charge in [-0.1, -0.05) is 0 Å². The molecule has 1 aliphatic heterocycles. The van der Waals surface area contributed by atoms with Gasteiger partial charge in [0.2, 0.25) is 0 Å². The molecule has 0 spiro atoms. The van der Waals surface area contributed by atoms with Crippen molar-refractivity contribution >= 4 is 6.09 Å². The van der Waals surface area contributed by atoms with E-state index in [1.807, 2.05) is 0 Å². The van der Waals surface area contributed by atoms with Gasteiger partial charge in [0.1, 0.15) is 5.60 Å². The van der Waals surface area contributed by atoms with Crippen molar-refractivity contribution in [2.45, 2.75) is 32.8 Å². The molecule has 3 N–H and O–H groups in total. The van der Waals surface area contributed by atoms with E-state index < -0.39 is 11.7 Å². The SMILES string of the molecule is CC(C)(C)OC(N)=O.OCC1CCOC1. The topological polar surface area (TPSA) is 81.8 Å². The zero-order valence-electron chi connectivity index (χ0n) is 9.66. The molecule has 0 radical (unpaired) electrons. The molecule has 1 unspecified atom stereocenters. The summed E-state index contributed by atoms with van der Waals surface area (Å²) < 4.78 is 9.56. The Kier molecular flexibility index (Phi) is 6.27. The van der Waals surface area contributed by atoms with Crippen molar-refractivity contribution in [3.8, 4) is 0 Å². The minimum absolute atomic E-state index is 0.292. The van der Waals surface area contributed by atoms with Crippen molar-refractivity contribution in [3.63, 3.8) is 0 Å². The number of ether oxygens (including phenoxy) is 2. The predicted octanol–water partition coefficient (Wildman–Crippen LogP) is 0.895. The van der Waals surface area contributed by atoms with Gasteiger partial charge in [0, 0.05) is 19.1 Å². The molecule has 90 valence electrons. The van der Waals surface area contributed by atoms with E-state index in [1.54, 1.807) is 20.8 Å². The number of primary amides is 1. The van der Waals surface area contributed by atoms with Crippen molar-refractivity contribution in [3.05, 3.63) is 0 Å². The van der Waals surface area contributed by atoms with Gasteiger partial charge in [-0.2, -0.15) is 0 Å². The monoisotopic (exact) mass is 219 g/mol. The average Bonchev–Trinajstić information content (AvgIpc) is 2.51. The van der Waals surface area contributed by atoms with E-state index in [9.17, 15) is 4.79 Å². The van der Waals surface area contributed by atoms with Crippen molar-refractivity contribution < 1.29 is 19.4 Å². The summed E-state index contributed by atoms with van der Waals surface area (Å²) >= 11 is 0. The Morgan fingerprint density at radius 2 is 2.20 bits per heavy atom. The number of hydrogen-bond donors (Lipinski definition) is 2. The molecule has 1 atom stereocenters. The third-order valence-corrected chi connectivity index (χ3v) is 1.69. The summed E-state index contributed by atoms with van der Waals surface area (Å²) in [5.41, 5.74) is 4.26. The second kappa shape index (κ2) is 6.63. The minimum atomic E-state index is -0.725. The first-order valence-electron chi connectivity index (χ1n) is 5.02. The molecule has 1 heterocycles. The van der Waals surface area contributed by atoms with E-state index in [4.69, 9.17) is 15.6 Å². The molecule has 1 rings (SSSR count). The number of carbonyl (C=O) groups excluding carboxylic acids is 1. The highest BCUT2D eigenvalue weighted by molar-refractivity contribution is 5.65. The van der Waals surface area contributed by atoms with Crippen LogP contribution in [0.4, 0.5) is 4.79 Å². The number of carbonyl (C=O) groups is 1. The van der Waals surface area contributed by atoms with Crippen LogP contribution in [0, 0.1) is 5.92 Å². The predicted molar refractivity (Wildman–Crippen MR) is 56.4 cm³/mol. The molecule has 1 aliphatic rings. The Balaban J connectivity index is 0.000000262. The first-order valence-corrected chi connectivity index (χ1v) is 5.02. The van der Waals surface area contributed by atoms with Gasteiger partial charge in [-0.3, -0.25) is 0 Å². The first-order chi connectivity index (χ1) is 6.85. The Labute approximate surface area is 90.5 Å². The molecule has 0 aromatic heterocycles. The number of nitrogens with two attached hydrogens (primary N) is 1. The fourth-order valence-corrected chi connectivity index (χ4v) is 1.03. The van der Waals surface area contributed by atoms with Crippen molar-refractivity contribution in [2.24, 2.45) is 11.7 Å². The highest BCUT2D eigenvalue weighted by Crippen LogP contribution is 2.09. The zero-order chi connectivity index (χ0) is 11.9. The van der Waals surface area contributed by atoms with Gasteiger partial charge >= 0.3 is 6.09 Å². The molecule has 5 nitrogen and oxygen atoms in total. The van der Waals surface area contributed by atoms with Crippen LogP contribution < -0.4 is 5.73 Å². The lowest BCUT2D eigenvalue weighted by Crippen LogP contribution is -2.27. The molecule has 5 heteroatoms. The Hall–Kier alpha value is -0.810. The van der Waals surface area contributed by atoms with Gasteiger partial charge in [-0.05, 0) is 27.2 Å². The van der Waals surface area contributed by atoms with E-state index in [-0.39, 0.29) is 0 Å². The molecule has 15 heavy (non-hydrogen) atoms. The van der Waals surface area contributed by atoms with E-state index in [1.165, 1.54) is 0 Å². The largest absolute Gasteiger partial charge is 0.444 e. The Bertz CT molecular complexity index is 182. The van der Waals surface area contributed by atoms with Crippen LogP contribution in [-0.2, 0) is 9.47 Å². The molecule has 1 saturated heterocycles. The fraction of sp³-hybridized carbons (Fsp3) is 0.900. The molecule has 1 fully saturated rings. The van der Waals surface area contributed by atoms with Crippen LogP contribution in [-0.4, -0.2) is 36.6 Å². The second-order valence-electron chi connectivity index (χ2n) is 4.45. The number of hydrogen-bond acceptors (Lipinski definition) is 4. The summed E-state index contributed by atoms with van der Waals surface area (Å²) in [5.74, 6) is 0.431. The molecule has 1 amide bonds. The van der Waals surface area contributed by atoms with Gasteiger partial charge in [0.05, 0.1) is 6.61 Å². The number of aliphatic hydroxyl groups excluding tert-OH is 1. The van der Waals surface area contributed by atoms with Crippen LogP contribution in [0.5, 0.6) is 0 Å². The summed E-state index contributed by atoms with van der Waals surface area (Å²) in [6.07, 6.45) is 0.314. The zero-order valence-corrected chi connectivity index (χ0v) is 9.66. The van der Waals surface area contributed by atoms with E-state index in [0.29, 0.717) is 12.5 Å². The standard InChI is InChI=1S/C5H11NO2.C5H10O2/c1-5(2,3)8-4(6)7;6-3-5-1-2-7-4-5/h1-3H3,(H2,6,7);5-6H,1-4H2. The van der Waals surface area contributed by atoms with Gasteiger partial charge in [0.25, 0.3) is 0 Å². The highest BCUT2D eigenvalue weighted by Gasteiger charge is 2.13. The average molecular weight is 219 g/mol. The van der Waals surface area contributed by atoms with Crippen LogP contribution in [0.1, 0.15) is 27.2 Å². The second-order valence-corrected chi connectivity index (χ2v) is 4.45. The molecular weight excluding hydrogens is 198 g/mol. The molecule has 0 aromatic rings. The van der Waals surface area contributed by atoms with Crippen LogP contribution in [0.2, 0.25) is 0 Å². The van der Waals surface area contributed by atoms with Gasteiger partial charge < -0.3 is 20.3 Å². The van der Waals surface area contributed by atoms with Gasteiger partial charge in [-0.25, -0.2) is 4.79 Å². The van der Waals surface area contributed by atoms with Crippen LogP contribution in [0.25, 0.3) is 0 Å². The molecular formula is C10H21NO4. The van der Waals surface area contributed by atoms with Gasteiger partial charge in [-0.15, -0.1) is 0 Å². The Morgan fingerprint density at radius 1 is 1.60 bits per heavy atom. The first kappa shape index (κ1) is 14.2. The van der Waals surface area contributed by atoms with Crippen LogP contribution >= 0.6 is 0 Å². The van der Waals surface area contributed by atoms with E-state index in [2.05, 4.69) is 4.74 Å². The van der Waals surface area contributed by atoms with Crippen molar-refractivity contribution in [1.29, 1.82) is 0 Å². The third kappa shape index (κ3) is 9.49. The molecule has 0 aromatic carbocycles. The highest BCUT2D eigenvalue weighted by atomic mass is 16.6. The van der Waals surface area contributed by atoms with Crippen molar-refractivity contribution in [2.75, 3.05) is 19.8 Å². The van der Waals surface area contributed by atoms with Crippen LogP contribution in [0.3, 0.4) is 0 Å². The quantitative estimate of drug-likeness (QED) is 0.686. The summed E-state index contributed by atoms with van der Waals surface area (Å²) in [6, 6.07) is 0. The maximum atomic E-state index is 10.0. The third-order valence-electron chi connectivity index (χ3n) is 1.69. The van der Waals surface area contributed by atoms with Crippen LogP contribution in [0.15, 0.2) is 0 Å². The Morgan fingerprint density at radius 3 is 2.33 bits per heavy atom. The summed E-state index contributed by atoms with van der Waals surface area (Å²) in [7, 11) is 0. The molecule has 0 bridgehead atoms. The summed E-state index contributed by atoms with van der Waals surface area (Å²) in [6.45, 7) is 7.18. The molecule has 0 aliphatic carbocycles. The lowest BCUT2D eigenvalue weighted by molar-refractivity contribution is 0.0600. The summed E-state index contributed by atoms with van der Waals surface area (Å²) in [5, 5.41) is 8.49. The van der Waals surface area contributed by atoms with Crippen molar-refractivity contribution in [1.82, 2.24) is 0 Å². The lowest BCUT2D eigenvalue weighted by Gasteiger charge is -2.16. The fourth-order valence-electron chi connectivity index (χ4n) is 1.03. The number of aliphatic hydroxyl groups is 1. The number of amides is 1. The normalized spacial score (nSPS) is 20.4. The lowest BCUT2D eigenvalue weighted by atomic mass is 10.1. The number of rotatable bonds is 1. The van der Waals surface area contributed by atoms with Gasteiger partial charge in [0.15, 0.2) is 0 Å².